The summed E-state index contributed by atoms with van der Waals surface area (Å²) in [5.74, 6) is 1.13. The van der Waals surface area contributed by atoms with E-state index in [1.54, 1.807) is 12.3 Å². The van der Waals surface area contributed by atoms with Gasteiger partial charge in [0, 0.05) is 5.39 Å². The summed E-state index contributed by atoms with van der Waals surface area (Å²) >= 11 is 0. The zero-order valence-electron chi connectivity index (χ0n) is 12.3. The number of H-pyrrole nitrogens is 1. The van der Waals surface area contributed by atoms with Crippen molar-refractivity contribution in [2.75, 3.05) is 26.3 Å². The highest BCUT2D eigenvalue weighted by Gasteiger charge is 2.17. The number of nitrogens with one attached hydrogen (secondary N) is 1. The maximum Gasteiger partial charge on any atom is 0.229 e. The van der Waals surface area contributed by atoms with Crippen molar-refractivity contribution >= 4 is 16.7 Å². The van der Waals surface area contributed by atoms with Gasteiger partial charge in [-0.05, 0) is 19.2 Å². The number of anilines is 1. The lowest BCUT2D eigenvalue weighted by atomic mass is 10.2. The van der Waals surface area contributed by atoms with Gasteiger partial charge in [-0.1, -0.05) is 0 Å². The molecule has 22 heavy (non-hydrogen) atoms. The lowest BCUT2D eigenvalue weighted by Crippen LogP contribution is -2.07. The monoisotopic (exact) mass is 300 g/mol. The average molecular weight is 300 g/mol. The SMILES string of the molecule is COc1ncnc(OC)c1-c1cc2cc(N(C)[O-])ncc2[nH]1. The first-order valence-electron chi connectivity index (χ1n) is 6.47. The van der Waals surface area contributed by atoms with Gasteiger partial charge in [0.15, 0.2) is 0 Å². The molecule has 0 unspecified atom stereocenters. The zero-order chi connectivity index (χ0) is 15.7. The van der Waals surface area contributed by atoms with E-state index >= 15 is 0 Å². The van der Waals surface area contributed by atoms with Gasteiger partial charge in [0.2, 0.25) is 11.8 Å². The molecule has 0 bridgehead atoms. The third-order valence-electron chi connectivity index (χ3n) is 3.25. The number of aromatic amines is 1. The van der Waals surface area contributed by atoms with Crippen LogP contribution in [0.2, 0.25) is 0 Å². The summed E-state index contributed by atoms with van der Waals surface area (Å²) in [5.41, 5.74) is 2.12. The van der Waals surface area contributed by atoms with Crippen LogP contribution in [-0.4, -0.2) is 41.2 Å². The van der Waals surface area contributed by atoms with Gasteiger partial charge < -0.3 is 24.7 Å². The summed E-state index contributed by atoms with van der Waals surface area (Å²) in [6.07, 6.45) is 2.97. The molecule has 0 spiro atoms. The minimum atomic E-state index is 0.335. The minimum Gasteiger partial charge on any atom is -0.757 e. The number of rotatable bonds is 4. The number of hydroxylamine groups is 1. The second-order valence-electron chi connectivity index (χ2n) is 4.58. The van der Waals surface area contributed by atoms with Gasteiger partial charge in [-0.25, -0.2) is 15.0 Å². The van der Waals surface area contributed by atoms with Crippen molar-refractivity contribution in [1.29, 1.82) is 0 Å². The third-order valence-corrected chi connectivity index (χ3v) is 3.25. The van der Waals surface area contributed by atoms with Crippen molar-refractivity contribution in [3.8, 4) is 23.0 Å². The van der Waals surface area contributed by atoms with Gasteiger partial charge >= 0.3 is 0 Å². The highest BCUT2D eigenvalue weighted by Crippen LogP contribution is 2.36. The van der Waals surface area contributed by atoms with E-state index < -0.39 is 0 Å². The van der Waals surface area contributed by atoms with E-state index in [1.165, 1.54) is 27.6 Å². The minimum absolute atomic E-state index is 0.335. The van der Waals surface area contributed by atoms with E-state index in [0.29, 0.717) is 28.2 Å². The van der Waals surface area contributed by atoms with Crippen molar-refractivity contribution < 1.29 is 9.47 Å². The van der Waals surface area contributed by atoms with Gasteiger partial charge in [0.25, 0.3) is 0 Å². The molecule has 0 aliphatic rings. The topological polar surface area (TPSA) is 99.2 Å². The molecule has 0 fully saturated rings. The molecular formula is C14H14N5O3-. The summed E-state index contributed by atoms with van der Waals surface area (Å²) < 4.78 is 10.6. The van der Waals surface area contributed by atoms with Crippen LogP contribution >= 0.6 is 0 Å². The second-order valence-corrected chi connectivity index (χ2v) is 4.58. The molecule has 0 radical (unpaired) electrons. The summed E-state index contributed by atoms with van der Waals surface area (Å²) in [6.45, 7) is 0. The van der Waals surface area contributed by atoms with E-state index in [1.807, 2.05) is 6.07 Å². The van der Waals surface area contributed by atoms with Gasteiger partial charge in [-0.15, -0.1) is 0 Å². The summed E-state index contributed by atoms with van der Waals surface area (Å²) in [6, 6.07) is 3.57. The molecule has 3 aromatic heterocycles. The van der Waals surface area contributed by atoms with Gasteiger partial charge in [-0.3, -0.25) is 0 Å². The highest BCUT2D eigenvalue weighted by molar-refractivity contribution is 5.88. The predicted octanol–water partition coefficient (Wildman–Crippen LogP) is 1.97. The smallest absolute Gasteiger partial charge is 0.229 e. The summed E-state index contributed by atoms with van der Waals surface area (Å²) in [7, 11) is 4.46. The Morgan fingerprint density at radius 2 is 1.77 bits per heavy atom. The Balaban J connectivity index is 2.18. The Morgan fingerprint density at radius 1 is 1.09 bits per heavy atom. The molecule has 0 aromatic carbocycles. The number of pyridine rings is 1. The molecule has 8 nitrogen and oxygen atoms in total. The fourth-order valence-electron chi connectivity index (χ4n) is 2.22. The van der Waals surface area contributed by atoms with Crippen LogP contribution in [-0.2, 0) is 0 Å². The lowest BCUT2D eigenvalue weighted by molar-refractivity contribution is 0.374. The van der Waals surface area contributed by atoms with Crippen molar-refractivity contribution in [1.82, 2.24) is 19.9 Å². The van der Waals surface area contributed by atoms with Gasteiger partial charge in [-0.2, -0.15) is 0 Å². The van der Waals surface area contributed by atoms with Crippen molar-refractivity contribution in [2.24, 2.45) is 0 Å². The number of aromatic nitrogens is 4. The number of nitrogens with zero attached hydrogens (tertiary/aromatic N) is 4. The Labute approximate surface area is 126 Å². The molecule has 0 saturated carbocycles. The van der Waals surface area contributed by atoms with E-state index in [4.69, 9.17) is 9.47 Å². The molecule has 3 rings (SSSR count). The van der Waals surface area contributed by atoms with E-state index in [-0.39, 0.29) is 0 Å². The summed E-state index contributed by atoms with van der Waals surface area (Å²) in [4.78, 5) is 15.5. The Kier molecular flexibility index (Phi) is 3.51. The third kappa shape index (κ3) is 2.29. The summed E-state index contributed by atoms with van der Waals surface area (Å²) in [5, 5.41) is 12.9. The molecule has 0 atom stereocenters. The van der Waals surface area contributed by atoms with Crippen LogP contribution in [0.4, 0.5) is 5.82 Å². The van der Waals surface area contributed by atoms with Crippen LogP contribution in [0.15, 0.2) is 24.7 Å². The standard InChI is InChI=1S/C14H14N5O3/c1-19(20)11-5-8-4-9(18-10(8)6-15-11)12-13(21-2)16-7-17-14(12)22-3/h4-7,18H,1-3H3/q-1. The van der Waals surface area contributed by atoms with Crippen LogP contribution in [0.3, 0.4) is 0 Å². The maximum absolute atomic E-state index is 11.4. The fraction of sp³-hybridized carbons (Fsp3) is 0.214. The van der Waals surface area contributed by atoms with Crippen LogP contribution in [0.5, 0.6) is 11.8 Å². The normalized spacial score (nSPS) is 10.7. The van der Waals surface area contributed by atoms with Gasteiger partial charge in [0.1, 0.15) is 17.7 Å². The first-order valence-corrected chi connectivity index (χ1v) is 6.47. The van der Waals surface area contributed by atoms with Crippen molar-refractivity contribution in [3.63, 3.8) is 0 Å². The van der Waals surface area contributed by atoms with Crippen LogP contribution in [0.25, 0.3) is 22.2 Å². The molecule has 0 aliphatic carbocycles. The number of ether oxygens (including phenoxy) is 2. The predicted molar refractivity (Wildman–Crippen MR) is 82.0 cm³/mol. The molecule has 0 saturated heterocycles. The van der Waals surface area contributed by atoms with E-state index in [9.17, 15) is 5.21 Å². The van der Waals surface area contributed by atoms with Crippen molar-refractivity contribution in [3.05, 3.63) is 29.9 Å². The Hall–Kier alpha value is -2.87. The zero-order valence-corrected chi connectivity index (χ0v) is 12.3. The first-order chi connectivity index (χ1) is 10.6. The first kappa shape index (κ1) is 14.1. The van der Waals surface area contributed by atoms with Crippen LogP contribution < -0.4 is 14.5 Å². The van der Waals surface area contributed by atoms with E-state index in [2.05, 4.69) is 19.9 Å². The van der Waals surface area contributed by atoms with Crippen molar-refractivity contribution in [2.45, 2.75) is 0 Å². The largest absolute Gasteiger partial charge is 0.757 e. The molecule has 0 amide bonds. The average Bonchev–Trinajstić information content (AvgIpc) is 2.96. The van der Waals surface area contributed by atoms with Crippen LogP contribution in [0.1, 0.15) is 0 Å². The second kappa shape index (κ2) is 5.49. The molecule has 114 valence electrons. The molecule has 0 aliphatic heterocycles. The van der Waals surface area contributed by atoms with Gasteiger partial charge in [0.05, 0.1) is 31.6 Å². The number of fused-ring (bicyclic) bond motifs is 1. The number of methoxy groups -OCH3 is 2. The molecule has 3 heterocycles. The molecule has 3 aromatic rings. The Morgan fingerprint density at radius 3 is 2.36 bits per heavy atom. The molecular weight excluding hydrogens is 286 g/mol. The number of hydrogen-bond donors (Lipinski definition) is 1. The molecule has 1 N–H and O–H groups in total. The highest BCUT2D eigenvalue weighted by atomic mass is 16.5. The quantitative estimate of drug-likeness (QED) is 0.735. The maximum atomic E-state index is 11.4. The Bertz CT molecular complexity index is 793. The number of hydrogen-bond acceptors (Lipinski definition) is 7. The van der Waals surface area contributed by atoms with E-state index in [0.717, 1.165) is 16.6 Å². The molecule has 8 heteroatoms. The fourth-order valence-corrected chi connectivity index (χ4v) is 2.22. The van der Waals surface area contributed by atoms with Crippen LogP contribution in [0, 0.1) is 5.21 Å². The lowest BCUT2D eigenvalue weighted by Gasteiger charge is -2.22.